The highest BCUT2D eigenvalue weighted by atomic mass is 35.5. The van der Waals surface area contributed by atoms with Crippen molar-refractivity contribution in [3.63, 3.8) is 0 Å². The normalized spacial score (nSPS) is 10.6. The number of hydrogen-bond donors (Lipinski definition) is 1. The van der Waals surface area contributed by atoms with E-state index in [-0.39, 0.29) is 13.0 Å². The summed E-state index contributed by atoms with van der Waals surface area (Å²) in [5, 5.41) is 9.31. The summed E-state index contributed by atoms with van der Waals surface area (Å²) in [5.74, 6) is 0.373. The average Bonchev–Trinajstić information content (AvgIpc) is 3.08. The van der Waals surface area contributed by atoms with Crippen LogP contribution in [0.1, 0.15) is 17.7 Å². The molecule has 0 amide bonds. The summed E-state index contributed by atoms with van der Waals surface area (Å²) in [4.78, 5) is 15.0. The molecule has 1 N–H and O–H groups in total. The van der Waals surface area contributed by atoms with E-state index in [0.29, 0.717) is 28.8 Å². The molecule has 5 nitrogen and oxygen atoms in total. The standard InChI is InChI=1S/C19H16ClNO4/c20-15-3-1-2-14(10-15)19-21-16(12-25-19)11-24-17-7-4-13(5-8-17)6-9-18(22)23/h1-5,7-8,10,12H,6,9,11H2,(H,22,23). The van der Waals surface area contributed by atoms with Gasteiger partial charge in [0.05, 0.1) is 0 Å². The second kappa shape index (κ2) is 7.85. The number of aliphatic carboxylic acids is 1. The average molecular weight is 358 g/mol. The van der Waals surface area contributed by atoms with Crippen LogP contribution in [0.15, 0.2) is 59.2 Å². The SMILES string of the molecule is O=C(O)CCc1ccc(OCc2coc(-c3cccc(Cl)c3)n2)cc1. The van der Waals surface area contributed by atoms with E-state index >= 15 is 0 Å². The third-order valence-electron chi connectivity index (χ3n) is 3.56. The molecule has 1 heterocycles. The zero-order chi connectivity index (χ0) is 17.6. The number of aryl methyl sites for hydroxylation is 1. The third-order valence-corrected chi connectivity index (χ3v) is 3.80. The molecule has 3 aromatic rings. The van der Waals surface area contributed by atoms with Gasteiger partial charge in [-0.2, -0.15) is 0 Å². The number of hydrogen-bond acceptors (Lipinski definition) is 4. The number of halogens is 1. The number of carbonyl (C=O) groups is 1. The van der Waals surface area contributed by atoms with Crippen molar-refractivity contribution in [1.82, 2.24) is 4.98 Å². The van der Waals surface area contributed by atoms with Crippen LogP contribution in [0.3, 0.4) is 0 Å². The number of rotatable bonds is 7. The van der Waals surface area contributed by atoms with Crippen LogP contribution in [0.2, 0.25) is 5.02 Å². The molecule has 0 bridgehead atoms. The number of oxazole rings is 1. The molecule has 0 unspecified atom stereocenters. The van der Waals surface area contributed by atoms with Crippen molar-refractivity contribution in [2.75, 3.05) is 0 Å². The molecule has 0 radical (unpaired) electrons. The smallest absolute Gasteiger partial charge is 0.303 e. The summed E-state index contributed by atoms with van der Waals surface area (Å²) >= 11 is 5.97. The number of aromatic nitrogens is 1. The summed E-state index contributed by atoms with van der Waals surface area (Å²) in [6, 6.07) is 14.6. The van der Waals surface area contributed by atoms with Crippen molar-refractivity contribution in [2.24, 2.45) is 0 Å². The summed E-state index contributed by atoms with van der Waals surface area (Å²) in [7, 11) is 0. The first kappa shape index (κ1) is 17.0. The van der Waals surface area contributed by atoms with E-state index in [9.17, 15) is 4.79 Å². The molecule has 2 aromatic carbocycles. The fourth-order valence-electron chi connectivity index (χ4n) is 2.29. The van der Waals surface area contributed by atoms with Crippen LogP contribution in [0.25, 0.3) is 11.5 Å². The van der Waals surface area contributed by atoms with Gasteiger partial charge in [-0.15, -0.1) is 0 Å². The lowest BCUT2D eigenvalue weighted by molar-refractivity contribution is -0.136. The second-order valence-corrected chi connectivity index (χ2v) is 5.92. The van der Waals surface area contributed by atoms with Gasteiger partial charge in [-0.05, 0) is 42.3 Å². The topological polar surface area (TPSA) is 72.6 Å². The first-order valence-electron chi connectivity index (χ1n) is 7.74. The highest BCUT2D eigenvalue weighted by molar-refractivity contribution is 6.30. The van der Waals surface area contributed by atoms with Crippen LogP contribution in [0, 0.1) is 0 Å². The lowest BCUT2D eigenvalue weighted by atomic mass is 10.1. The van der Waals surface area contributed by atoms with Crippen molar-refractivity contribution in [2.45, 2.75) is 19.4 Å². The minimum atomic E-state index is -0.804. The molecule has 1 aromatic heterocycles. The van der Waals surface area contributed by atoms with Gasteiger partial charge in [0.25, 0.3) is 0 Å². The number of ether oxygens (including phenoxy) is 1. The van der Waals surface area contributed by atoms with Crippen LogP contribution < -0.4 is 4.74 Å². The molecule has 0 atom stereocenters. The van der Waals surface area contributed by atoms with E-state index in [2.05, 4.69) is 4.98 Å². The molecule has 6 heteroatoms. The van der Waals surface area contributed by atoms with Gasteiger partial charge in [0, 0.05) is 17.0 Å². The second-order valence-electron chi connectivity index (χ2n) is 5.48. The molecule has 0 fully saturated rings. The summed E-state index contributed by atoms with van der Waals surface area (Å²) in [6.45, 7) is 0.276. The maximum absolute atomic E-state index is 10.6. The van der Waals surface area contributed by atoms with Gasteiger partial charge in [-0.3, -0.25) is 4.79 Å². The number of nitrogens with zero attached hydrogens (tertiary/aromatic N) is 1. The fraction of sp³-hybridized carbons (Fsp3) is 0.158. The molecule has 0 saturated heterocycles. The molecule has 0 aliphatic rings. The van der Waals surface area contributed by atoms with Crippen molar-refractivity contribution in [3.05, 3.63) is 71.1 Å². The predicted octanol–water partition coefficient (Wildman–Crippen LogP) is 4.59. The Balaban J connectivity index is 1.58. The molecule has 0 spiro atoms. The predicted molar refractivity (Wildman–Crippen MR) is 93.7 cm³/mol. The summed E-state index contributed by atoms with van der Waals surface area (Å²) in [5.41, 5.74) is 2.44. The first-order chi connectivity index (χ1) is 12.1. The van der Waals surface area contributed by atoms with E-state index < -0.39 is 5.97 Å². The third kappa shape index (κ3) is 4.84. The van der Waals surface area contributed by atoms with Gasteiger partial charge < -0.3 is 14.3 Å². The Morgan fingerprint density at radius 2 is 2.00 bits per heavy atom. The number of carboxylic acids is 1. The molecule has 0 aliphatic heterocycles. The van der Waals surface area contributed by atoms with Gasteiger partial charge in [-0.25, -0.2) is 4.98 Å². The highest BCUT2D eigenvalue weighted by Crippen LogP contribution is 2.22. The van der Waals surface area contributed by atoms with E-state index in [1.807, 2.05) is 36.4 Å². The monoisotopic (exact) mass is 357 g/mol. The van der Waals surface area contributed by atoms with Crippen molar-refractivity contribution in [3.8, 4) is 17.2 Å². The zero-order valence-electron chi connectivity index (χ0n) is 13.3. The minimum absolute atomic E-state index is 0.116. The van der Waals surface area contributed by atoms with Crippen molar-refractivity contribution >= 4 is 17.6 Å². The van der Waals surface area contributed by atoms with E-state index in [0.717, 1.165) is 11.1 Å². The van der Waals surface area contributed by atoms with Crippen molar-refractivity contribution in [1.29, 1.82) is 0 Å². The van der Waals surface area contributed by atoms with Crippen LogP contribution in [-0.4, -0.2) is 16.1 Å². The molecule has 0 saturated carbocycles. The Morgan fingerprint density at radius 3 is 2.72 bits per heavy atom. The molecule has 3 rings (SSSR count). The highest BCUT2D eigenvalue weighted by Gasteiger charge is 2.08. The molecule has 25 heavy (non-hydrogen) atoms. The largest absolute Gasteiger partial charge is 0.487 e. The molecule has 128 valence electrons. The van der Waals surface area contributed by atoms with E-state index in [4.69, 9.17) is 25.9 Å². The van der Waals surface area contributed by atoms with Gasteiger partial charge >= 0.3 is 5.97 Å². The lowest BCUT2D eigenvalue weighted by Gasteiger charge is -2.05. The van der Waals surface area contributed by atoms with Crippen LogP contribution in [0.5, 0.6) is 5.75 Å². The molecular formula is C19H16ClNO4. The Kier molecular flexibility index (Phi) is 5.36. The minimum Gasteiger partial charge on any atom is -0.487 e. The van der Waals surface area contributed by atoms with Gasteiger partial charge in [0.2, 0.25) is 5.89 Å². The Bertz CT molecular complexity index is 858. The van der Waals surface area contributed by atoms with Gasteiger partial charge in [0.1, 0.15) is 24.3 Å². The first-order valence-corrected chi connectivity index (χ1v) is 8.12. The Hall–Kier alpha value is -2.79. The van der Waals surface area contributed by atoms with Gasteiger partial charge in [-0.1, -0.05) is 29.8 Å². The molecule has 0 aliphatic carbocycles. The quantitative estimate of drug-likeness (QED) is 0.669. The Labute approximate surface area is 149 Å². The zero-order valence-corrected chi connectivity index (χ0v) is 14.1. The number of carboxylic acid groups (broad SMARTS) is 1. The fourth-order valence-corrected chi connectivity index (χ4v) is 2.48. The van der Waals surface area contributed by atoms with Crippen LogP contribution in [0.4, 0.5) is 0 Å². The van der Waals surface area contributed by atoms with Crippen LogP contribution in [-0.2, 0) is 17.8 Å². The lowest BCUT2D eigenvalue weighted by Crippen LogP contribution is -1.98. The van der Waals surface area contributed by atoms with Gasteiger partial charge in [0.15, 0.2) is 0 Å². The maximum atomic E-state index is 10.6. The number of benzene rings is 2. The maximum Gasteiger partial charge on any atom is 0.303 e. The van der Waals surface area contributed by atoms with E-state index in [1.54, 1.807) is 18.4 Å². The molecular weight excluding hydrogens is 342 g/mol. The summed E-state index contributed by atoms with van der Waals surface area (Å²) < 4.78 is 11.1. The Morgan fingerprint density at radius 1 is 1.20 bits per heavy atom. The van der Waals surface area contributed by atoms with Crippen LogP contribution >= 0.6 is 11.6 Å². The van der Waals surface area contributed by atoms with Crippen molar-refractivity contribution < 1.29 is 19.1 Å². The summed E-state index contributed by atoms with van der Waals surface area (Å²) in [6.07, 6.45) is 2.17. The van der Waals surface area contributed by atoms with E-state index in [1.165, 1.54) is 0 Å².